The third kappa shape index (κ3) is 3.88. The predicted molar refractivity (Wildman–Crippen MR) is 84.6 cm³/mol. The van der Waals surface area contributed by atoms with Crippen LogP contribution in [-0.2, 0) is 11.2 Å². The topological polar surface area (TPSA) is 42.4 Å². The fraction of sp³-hybridized carbons (Fsp3) is 0.333. The second-order valence-electron chi connectivity index (χ2n) is 5.95. The fourth-order valence-corrected chi connectivity index (χ4v) is 2.69. The molecule has 0 saturated carbocycles. The summed E-state index contributed by atoms with van der Waals surface area (Å²) in [5.41, 5.74) is 1.25. The number of benzene rings is 1. The molecule has 0 spiro atoms. The summed E-state index contributed by atoms with van der Waals surface area (Å²) in [6, 6.07) is 6.97. The van der Waals surface area contributed by atoms with E-state index < -0.39 is 11.6 Å². The number of pyridine rings is 1. The highest BCUT2D eigenvalue weighted by Crippen LogP contribution is 2.18. The van der Waals surface area contributed by atoms with Gasteiger partial charge in [-0.2, -0.15) is 0 Å². The van der Waals surface area contributed by atoms with Crippen LogP contribution in [0.3, 0.4) is 0 Å². The van der Waals surface area contributed by atoms with Crippen LogP contribution in [0.15, 0.2) is 36.5 Å². The van der Waals surface area contributed by atoms with Gasteiger partial charge in [-0.25, -0.2) is 13.8 Å². The minimum Gasteiger partial charge on any atom is -0.472 e. The monoisotopic (exact) mass is 332 g/mol. The van der Waals surface area contributed by atoms with Gasteiger partial charge in [0, 0.05) is 31.3 Å². The number of nitrogens with zero attached hydrogens (tertiary/aromatic N) is 2. The number of ether oxygens (including phenoxy) is 1. The number of halogens is 2. The van der Waals surface area contributed by atoms with E-state index in [1.165, 1.54) is 6.07 Å². The van der Waals surface area contributed by atoms with Crippen LogP contribution in [0, 0.1) is 18.6 Å². The molecule has 1 fully saturated rings. The van der Waals surface area contributed by atoms with Gasteiger partial charge in [0.15, 0.2) is 0 Å². The Balaban J connectivity index is 1.56. The van der Waals surface area contributed by atoms with Gasteiger partial charge in [-0.05, 0) is 24.1 Å². The normalized spacial score (nSPS) is 17.1. The zero-order chi connectivity index (χ0) is 17.1. The van der Waals surface area contributed by atoms with Crippen LogP contribution in [-0.4, -0.2) is 35.0 Å². The van der Waals surface area contributed by atoms with Gasteiger partial charge in [-0.1, -0.05) is 12.1 Å². The zero-order valence-corrected chi connectivity index (χ0v) is 13.3. The molecule has 1 aromatic heterocycles. The third-order valence-corrected chi connectivity index (χ3v) is 4.03. The second-order valence-corrected chi connectivity index (χ2v) is 5.95. The summed E-state index contributed by atoms with van der Waals surface area (Å²) in [6.07, 6.45) is 2.22. The molecule has 1 aliphatic rings. The van der Waals surface area contributed by atoms with Crippen molar-refractivity contribution in [1.29, 1.82) is 0 Å². The lowest BCUT2D eigenvalue weighted by molar-refractivity contribution is -0.129. The first-order valence-corrected chi connectivity index (χ1v) is 7.82. The minimum absolute atomic E-state index is 0.0817. The Bertz CT molecular complexity index is 734. The van der Waals surface area contributed by atoms with Crippen molar-refractivity contribution in [2.75, 3.05) is 13.1 Å². The summed E-state index contributed by atoms with van der Waals surface area (Å²) < 4.78 is 32.3. The first-order chi connectivity index (χ1) is 11.5. The standard InChI is InChI=1S/C18H18F2N2O2/c1-12-2-5-17(21-10-12)24-15-6-7-22(11-15)18(23)8-13-3-4-14(19)9-16(13)20/h2-5,9-10,15H,6-8,11H2,1H3/t15-/m0/s1. The second kappa shape index (κ2) is 6.95. The number of amides is 1. The number of aromatic nitrogens is 1. The van der Waals surface area contributed by atoms with Crippen molar-refractivity contribution >= 4 is 5.91 Å². The molecule has 24 heavy (non-hydrogen) atoms. The molecule has 2 heterocycles. The van der Waals surface area contributed by atoms with Gasteiger partial charge in [0.05, 0.1) is 13.0 Å². The summed E-state index contributed by atoms with van der Waals surface area (Å²) in [6.45, 7) is 2.94. The SMILES string of the molecule is Cc1ccc(O[C@H]2CCN(C(=O)Cc3ccc(F)cc3F)C2)nc1. The van der Waals surface area contributed by atoms with Crippen molar-refractivity contribution < 1.29 is 18.3 Å². The Morgan fingerprint density at radius 3 is 2.88 bits per heavy atom. The van der Waals surface area contributed by atoms with Crippen molar-refractivity contribution in [2.24, 2.45) is 0 Å². The average molecular weight is 332 g/mol. The van der Waals surface area contributed by atoms with Crippen LogP contribution in [0.2, 0.25) is 0 Å². The first kappa shape index (κ1) is 16.4. The summed E-state index contributed by atoms with van der Waals surface area (Å²) in [5, 5.41) is 0. The maximum atomic E-state index is 13.7. The van der Waals surface area contributed by atoms with Gasteiger partial charge in [-0.3, -0.25) is 4.79 Å². The Morgan fingerprint density at radius 2 is 2.17 bits per heavy atom. The average Bonchev–Trinajstić information content (AvgIpc) is 3.01. The van der Waals surface area contributed by atoms with E-state index in [0.29, 0.717) is 25.4 Å². The van der Waals surface area contributed by atoms with Crippen molar-refractivity contribution in [1.82, 2.24) is 9.88 Å². The molecule has 6 heteroatoms. The van der Waals surface area contributed by atoms with Crippen LogP contribution in [0.1, 0.15) is 17.5 Å². The van der Waals surface area contributed by atoms with Crippen molar-refractivity contribution in [3.8, 4) is 5.88 Å². The lowest BCUT2D eigenvalue weighted by Crippen LogP contribution is -2.32. The molecule has 1 saturated heterocycles. The summed E-state index contributed by atoms with van der Waals surface area (Å²) in [5.74, 6) is -1.00. The van der Waals surface area contributed by atoms with Crippen molar-refractivity contribution in [2.45, 2.75) is 25.9 Å². The van der Waals surface area contributed by atoms with Crippen molar-refractivity contribution in [3.63, 3.8) is 0 Å². The molecule has 1 aromatic carbocycles. The largest absolute Gasteiger partial charge is 0.472 e. The fourth-order valence-electron chi connectivity index (χ4n) is 2.69. The van der Waals surface area contributed by atoms with Gasteiger partial charge < -0.3 is 9.64 Å². The molecular weight excluding hydrogens is 314 g/mol. The number of carbonyl (C=O) groups is 1. The highest BCUT2D eigenvalue weighted by molar-refractivity contribution is 5.79. The van der Waals surface area contributed by atoms with Crippen molar-refractivity contribution in [3.05, 3.63) is 59.3 Å². The highest BCUT2D eigenvalue weighted by Gasteiger charge is 2.28. The van der Waals surface area contributed by atoms with E-state index >= 15 is 0 Å². The zero-order valence-electron chi connectivity index (χ0n) is 13.3. The Kier molecular flexibility index (Phi) is 4.74. The number of rotatable bonds is 4. The van der Waals surface area contributed by atoms with E-state index in [1.807, 2.05) is 13.0 Å². The van der Waals surface area contributed by atoms with E-state index in [1.54, 1.807) is 17.2 Å². The molecule has 0 bridgehead atoms. The quantitative estimate of drug-likeness (QED) is 0.865. The molecule has 1 amide bonds. The van der Waals surface area contributed by atoms with E-state index in [4.69, 9.17) is 4.74 Å². The molecule has 0 aliphatic carbocycles. The van der Waals surface area contributed by atoms with Crippen LogP contribution >= 0.6 is 0 Å². The molecule has 3 rings (SSSR count). The number of carbonyl (C=O) groups excluding carboxylic acids is 1. The molecule has 0 unspecified atom stereocenters. The van der Waals surface area contributed by atoms with E-state index in [0.717, 1.165) is 17.7 Å². The Morgan fingerprint density at radius 1 is 1.33 bits per heavy atom. The van der Waals surface area contributed by atoms with Gasteiger partial charge in [0.2, 0.25) is 11.8 Å². The van der Waals surface area contributed by atoms with Gasteiger partial charge in [0.25, 0.3) is 0 Å². The molecular formula is C18H18F2N2O2. The van der Waals surface area contributed by atoms with Gasteiger partial charge >= 0.3 is 0 Å². The maximum absolute atomic E-state index is 13.7. The van der Waals surface area contributed by atoms with E-state index in [2.05, 4.69) is 4.98 Å². The highest BCUT2D eigenvalue weighted by atomic mass is 19.1. The lowest BCUT2D eigenvalue weighted by atomic mass is 10.1. The number of hydrogen-bond acceptors (Lipinski definition) is 3. The smallest absolute Gasteiger partial charge is 0.227 e. The molecule has 0 radical (unpaired) electrons. The van der Waals surface area contributed by atoms with Gasteiger partial charge in [-0.15, -0.1) is 0 Å². The number of likely N-dealkylation sites (tertiary alicyclic amines) is 1. The first-order valence-electron chi connectivity index (χ1n) is 7.82. The summed E-state index contributed by atoms with van der Waals surface area (Å²) in [4.78, 5) is 18.1. The predicted octanol–water partition coefficient (Wildman–Crippen LogP) is 2.89. The van der Waals surface area contributed by atoms with Crippen LogP contribution in [0.4, 0.5) is 8.78 Å². The number of hydrogen-bond donors (Lipinski definition) is 0. The minimum atomic E-state index is -0.695. The van der Waals surface area contributed by atoms with Gasteiger partial charge in [0.1, 0.15) is 17.7 Å². The Labute approximate surface area is 139 Å². The third-order valence-electron chi connectivity index (χ3n) is 4.03. The lowest BCUT2D eigenvalue weighted by Gasteiger charge is -2.17. The molecule has 0 N–H and O–H groups in total. The molecule has 1 atom stereocenters. The summed E-state index contributed by atoms with van der Waals surface area (Å²) in [7, 11) is 0. The molecule has 1 aliphatic heterocycles. The number of aryl methyl sites for hydroxylation is 1. The summed E-state index contributed by atoms with van der Waals surface area (Å²) >= 11 is 0. The maximum Gasteiger partial charge on any atom is 0.227 e. The van der Waals surface area contributed by atoms with Crippen LogP contribution in [0.5, 0.6) is 5.88 Å². The molecule has 126 valence electrons. The van der Waals surface area contributed by atoms with Crippen LogP contribution < -0.4 is 4.74 Å². The van der Waals surface area contributed by atoms with Crippen LogP contribution in [0.25, 0.3) is 0 Å². The Hall–Kier alpha value is -2.50. The van der Waals surface area contributed by atoms with E-state index in [-0.39, 0.29) is 24.0 Å². The molecule has 2 aromatic rings. The molecule has 4 nitrogen and oxygen atoms in total. The van der Waals surface area contributed by atoms with E-state index in [9.17, 15) is 13.6 Å².